The highest BCUT2D eigenvalue weighted by molar-refractivity contribution is 7.89. The Morgan fingerprint density at radius 3 is 2.50 bits per heavy atom. The molecular weight excluding hydrogens is 312 g/mol. The van der Waals surface area contributed by atoms with Crippen LogP contribution in [-0.4, -0.2) is 38.7 Å². The monoisotopic (exact) mass is 333 g/mol. The van der Waals surface area contributed by atoms with E-state index in [0.717, 1.165) is 25.0 Å². The van der Waals surface area contributed by atoms with Crippen LogP contribution >= 0.6 is 0 Å². The summed E-state index contributed by atoms with van der Waals surface area (Å²) in [5, 5.41) is 0. The fourth-order valence-corrected chi connectivity index (χ4v) is 4.32. The molecule has 0 aromatic heterocycles. The largest absolute Gasteiger partial charge is 0.381 e. The second-order valence-electron chi connectivity index (χ2n) is 5.70. The average molecular weight is 333 g/mol. The average Bonchev–Trinajstić information content (AvgIpc) is 2.49. The molecule has 1 saturated heterocycles. The van der Waals surface area contributed by atoms with Crippen LogP contribution in [0, 0.1) is 17.6 Å². The van der Waals surface area contributed by atoms with Gasteiger partial charge in [-0.3, -0.25) is 0 Å². The molecule has 4 nitrogen and oxygen atoms in total. The van der Waals surface area contributed by atoms with Gasteiger partial charge in [0.25, 0.3) is 0 Å². The molecule has 0 amide bonds. The van der Waals surface area contributed by atoms with Gasteiger partial charge in [0.1, 0.15) is 0 Å². The summed E-state index contributed by atoms with van der Waals surface area (Å²) in [5.41, 5.74) is 0.428. The summed E-state index contributed by atoms with van der Waals surface area (Å²) < 4.78 is 57.7. The third kappa shape index (κ3) is 4.02. The van der Waals surface area contributed by atoms with Crippen LogP contribution in [0.5, 0.6) is 0 Å². The fourth-order valence-electron chi connectivity index (χ4n) is 2.55. The molecule has 0 spiro atoms. The van der Waals surface area contributed by atoms with Crippen molar-refractivity contribution >= 4 is 10.0 Å². The van der Waals surface area contributed by atoms with Gasteiger partial charge in [0.2, 0.25) is 10.0 Å². The highest BCUT2D eigenvalue weighted by Gasteiger charge is 2.29. The van der Waals surface area contributed by atoms with Gasteiger partial charge in [0, 0.05) is 26.3 Å². The molecule has 1 atom stereocenters. The Hall–Kier alpha value is -1.05. The van der Waals surface area contributed by atoms with E-state index in [1.165, 1.54) is 17.4 Å². The molecule has 1 aliphatic rings. The molecule has 0 bridgehead atoms. The van der Waals surface area contributed by atoms with Crippen LogP contribution in [0.1, 0.15) is 31.4 Å². The van der Waals surface area contributed by atoms with Crippen molar-refractivity contribution in [2.24, 2.45) is 5.92 Å². The van der Waals surface area contributed by atoms with Gasteiger partial charge < -0.3 is 4.74 Å². The highest BCUT2D eigenvalue weighted by atomic mass is 32.2. The minimum Gasteiger partial charge on any atom is -0.381 e. The summed E-state index contributed by atoms with van der Waals surface area (Å²) in [5.74, 6) is -1.78. The van der Waals surface area contributed by atoms with Crippen LogP contribution in [0.4, 0.5) is 8.78 Å². The van der Waals surface area contributed by atoms with Crippen molar-refractivity contribution in [1.29, 1.82) is 0 Å². The zero-order valence-electron chi connectivity index (χ0n) is 12.8. The maximum atomic E-state index is 13.3. The Labute approximate surface area is 130 Å². The minimum absolute atomic E-state index is 0.0564. The van der Waals surface area contributed by atoms with Crippen LogP contribution in [0.2, 0.25) is 0 Å². The van der Waals surface area contributed by atoms with Crippen LogP contribution in [0.25, 0.3) is 0 Å². The topological polar surface area (TPSA) is 46.6 Å². The number of hydrogen-bond acceptors (Lipinski definition) is 3. The number of rotatable bonds is 5. The predicted octanol–water partition coefficient (Wildman–Crippen LogP) is 2.71. The summed E-state index contributed by atoms with van der Waals surface area (Å²) in [7, 11) is -2.00. The Bertz CT molecular complexity index is 615. The molecule has 124 valence electrons. The molecule has 0 radical (unpaired) electrons. The Kier molecular flexibility index (Phi) is 5.52. The molecule has 0 aliphatic carbocycles. The number of ether oxygens (including phenoxy) is 1. The lowest BCUT2D eigenvalue weighted by Crippen LogP contribution is -2.35. The van der Waals surface area contributed by atoms with Crippen LogP contribution < -0.4 is 0 Å². The van der Waals surface area contributed by atoms with Crippen molar-refractivity contribution in [3.05, 3.63) is 35.4 Å². The zero-order valence-corrected chi connectivity index (χ0v) is 13.6. The summed E-state index contributed by atoms with van der Waals surface area (Å²) in [6.07, 6.45) is 1.46. The van der Waals surface area contributed by atoms with E-state index in [1.807, 2.05) is 0 Å². The SMILES string of the molecule is C[C@@H](c1ccc(F)c(F)c1)N(C)S(=O)(=O)CC1CCOCC1. The van der Waals surface area contributed by atoms with Gasteiger partial charge >= 0.3 is 0 Å². The first-order valence-corrected chi connectivity index (χ1v) is 8.90. The first-order valence-electron chi connectivity index (χ1n) is 7.29. The van der Waals surface area contributed by atoms with Crippen LogP contribution in [0.15, 0.2) is 18.2 Å². The minimum atomic E-state index is -3.47. The Balaban J connectivity index is 2.10. The smallest absolute Gasteiger partial charge is 0.214 e. The van der Waals surface area contributed by atoms with E-state index in [-0.39, 0.29) is 11.7 Å². The quantitative estimate of drug-likeness (QED) is 0.832. The van der Waals surface area contributed by atoms with E-state index >= 15 is 0 Å². The third-order valence-corrected chi connectivity index (χ3v) is 6.28. The normalized spacial score (nSPS) is 18.6. The van der Waals surface area contributed by atoms with Gasteiger partial charge in [-0.1, -0.05) is 6.07 Å². The van der Waals surface area contributed by atoms with E-state index < -0.39 is 27.7 Å². The molecule has 2 rings (SSSR count). The number of hydrogen-bond donors (Lipinski definition) is 0. The number of sulfonamides is 1. The van der Waals surface area contributed by atoms with E-state index in [1.54, 1.807) is 6.92 Å². The van der Waals surface area contributed by atoms with Crippen molar-refractivity contribution in [2.75, 3.05) is 26.0 Å². The lowest BCUT2D eigenvalue weighted by atomic mass is 10.0. The third-order valence-electron chi connectivity index (χ3n) is 4.20. The Morgan fingerprint density at radius 1 is 1.27 bits per heavy atom. The van der Waals surface area contributed by atoms with E-state index in [0.29, 0.717) is 18.8 Å². The first kappa shape index (κ1) is 17.3. The second-order valence-corrected chi connectivity index (χ2v) is 7.77. The lowest BCUT2D eigenvalue weighted by molar-refractivity contribution is 0.0720. The summed E-state index contributed by atoms with van der Waals surface area (Å²) in [6.45, 7) is 2.83. The van der Waals surface area contributed by atoms with E-state index in [4.69, 9.17) is 4.74 Å². The molecule has 0 N–H and O–H groups in total. The standard InChI is InChI=1S/C15H21F2NO3S/c1-11(13-3-4-14(16)15(17)9-13)18(2)22(19,20)10-12-5-7-21-8-6-12/h3-4,9,11-12H,5-8,10H2,1-2H3/t11-/m0/s1. The first-order chi connectivity index (χ1) is 10.3. The molecule has 1 aromatic rings. The van der Waals surface area contributed by atoms with Crippen molar-refractivity contribution < 1.29 is 21.9 Å². The van der Waals surface area contributed by atoms with Gasteiger partial charge in [-0.15, -0.1) is 0 Å². The summed E-state index contributed by atoms with van der Waals surface area (Å²) in [4.78, 5) is 0. The highest BCUT2D eigenvalue weighted by Crippen LogP contribution is 2.26. The number of halogens is 2. The molecular formula is C15H21F2NO3S. The van der Waals surface area contributed by atoms with Crippen molar-refractivity contribution in [3.63, 3.8) is 0 Å². The fraction of sp³-hybridized carbons (Fsp3) is 0.600. The lowest BCUT2D eigenvalue weighted by Gasteiger charge is -2.28. The van der Waals surface area contributed by atoms with Crippen LogP contribution in [0.3, 0.4) is 0 Å². The molecule has 0 unspecified atom stereocenters. The summed E-state index contributed by atoms with van der Waals surface area (Å²) >= 11 is 0. The van der Waals surface area contributed by atoms with Crippen molar-refractivity contribution in [3.8, 4) is 0 Å². The van der Waals surface area contributed by atoms with Crippen LogP contribution in [-0.2, 0) is 14.8 Å². The van der Waals surface area contributed by atoms with E-state index in [9.17, 15) is 17.2 Å². The summed E-state index contributed by atoms with van der Waals surface area (Å²) in [6, 6.07) is 2.91. The predicted molar refractivity (Wildman–Crippen MR) is 79.9 cm³/mol. The van der Waals surface area contributed by atoms with Gasteiger partial charge in [-0.05, 0) is 43.4 Å². The van der Waals surface area contributed by atoms with Crippen molar-refractivity contribution in [2.45, 2.75) is 25.8 Å². The molecule has 1 heterocycles. The zero-order chi connectivity index (χ0) is 16.3. The van der Waals surface area contributed by atoms with Gasteiger partial charge in [-0.25, -0.2) is 17.2 Å². The number of nitrogens with zero attached hydrogens (tertiary/aromatic N) is 1. The molecule has 1 fully saturated rings. The maximum absolute atomic E-state index is 13.3. The molecule has 1 aliphatic heterocycles. The number of benzene rings is 1. The molecule has 7 heteroatoms. The molecule has 22 heavy (non-hydrogen) atoms. The molecule has 0 saturated carbocycles. The Morgan fingerprint density at radius 2 is 1.91 bits per heavy atom. The van der Waals surface area contributed by atoms with Gasteiger partial charge in [0.05, 0.1) is 5.75 Å². The van der Waals surface area contributed by atoms with Gasteiger partial charge in [-0.2, -0.15) is 4.31 Å². The maximum Gasteiger partial charge on any atom is 0.214 e. The van der Waals surface area contributed by atoms with E-state index in [2.05, 4.69) is 0 Å². The van der Waals surface area contributed by atoms with Crippen molar-refractivity contribution in [1.82, 2.24) is 4.31 Å². The van der Waals surface area contributed by atoms with Gasteiger partial charge in [0.15, 0.2) is 11.6 Å². The molecule has 1 aromatic carbocycles. The second kappa shape index (κ2) is 7.02.